The summed E-state index contributed by atoms with van der Waals surface area (Å²) in [5.41, 5.74) is 5.03. The van der Waals surface area contributed by atoms with Crippen LogP contribution in [0.5, 0.6) is 0 Å². The van der Waals surface area contributed by atoms with Gasteiger partial charge < -0.3 is 21.1 Å². The third-order valence-corrected chi connectivity index (χ3v) is 2.61. The summed E-state index contributed by atoms with van der Waals surface area (Å²) in [5, 5.41) is 11.2. The lowest BCUT2D eigenvalue weighted by Crippen LogP contribution is -2.44. The fourth-order valence-electron chi connectivity index (χ4n) is 1.58. The molecule has 0 radical (unpaired) electrons. The molecule has 0 saturated carbocycles. The van der Waals surface area contributed by atoms with E-state index in [0.717, 1.165) is 19.3 Å². The average Bonchev–Trinajstić information content (AvgIpc) is 2.33. The van der Waals surface area contributed by atoms with E-state index in [4.69, 9.17) is 10.8 Å². The number of nitrogens with zero attached hydrogens (tertiary/aromatic N) is 1. The molecule has 0 unspecified atom stereocenters. The quantitative estimate of drug-likeness (QED) is 0.504. The molecule has 0 spiro atoms. The molecule has 4 N–H and O–H groups in total. The SMILES string of the molecule is CCN(CC(N)=O)C(=O)NCCCCCCC(=O)O. The number of urea groups is 1. The maximum Gasteiger partial charge on any atom is 0.317 e. The third kappa shape index (κ3) is 9.87. The molecule has 0 aromatic heterocycles. The van der Waals surface area contributed by atoms with Gasteiger partial charge in [0.25, 0.3) is 0 Å². The lowest BCUT2D eigenvalue weighted by atomic mass is 10.1. The molecule has 19 heavy (non-hydrogen) atoms. The second kappa shape index (κ2) is 10.2. The molecule has 7 heteroatoms. The van der Waals surface area contributed by atoms with Crippen LogP contribution in [-0.2, 0) is 9.59 Å². The molecule has 3 amide bonds. The lowest BCUT2D eigenvalue weighted by Gasteiger charge is -2.19. The van der Waals surface area contributed by atoms with Gasteiger partial charge in [-0.15, -0.1) is 0 Å². The molecule has 0 aliphatic carbocycles. The monoisotopic (exact) mass is 273 g/mol. The summed E-state index contributed by atoms with van der Waals surface area (Å²) < 4.78 is 0. The van der Waals surface area contributed by atoms with Gasteiger partial charge in [0.1, 0.15) is 6.54 Å². The molecule has 0 atom stereocenters. The van der Waals surface area contributed by atoms with Crippen molar-refractivity contribution in [3.05, 3.63) is 0 Å². The van der Waals surface area contributed by atoms with Gasteiger partial charge in [0.2, 0.25) is 5.91 Å². The number of carboxylic acid groups (broad SMARTS) is 1. The first-order valence-corrected chi connectivity index (χ1v) is 6.50. The predicted molar refractivity (Wildman–Crippen MR) is 70.6 cm³/mol. The Bertz CT molecular complexity index is 307. The van der Waals surface area contributed by atoms with Gasteiger partial charge in [-0.1, -0.05) is 12.8 Å². The van der Waals surface area contributed by atoms with Crippen LogP contribution in [0.25, 0.3) is 0 Å². The van der Waals surface area contributed by atoms with Crippen molar-refractivity contribution in [2.24, 2.45) is 5.73 Å². The highest BCUT2D eigenvalue weighted by Crippen LogP contribution is 2.02. The Morgan fingerprint density at radius 3 is 2.32 bits per heavy atom. The van der Waals surface area contributed by atoms with Crippen molar-refractivity contribution in [3.8, 4) is 0 Å². The van der Waals surface area contributed by atoms with E-state index in [1.165, 1.54) is 4.90 Å². The van der Waals surface area contributed by atoms with Crippen LogP contribution in [0.4, 0.5) is 4.79 Å². The molecule has 0 heterocycles. The second-order valence-electron chi connectivity index (χ2n) is 4.27. The first kappa shape index (κ1) is 17.2. The van der Waals surface area contributed by atoms with Crippen molar-refractivity contribution in [2.75, 3.05) is 19.6 Å². The number of hydrogen-bond donors (Lipinski definition) is 3. The number of aliphatic carboxylic acids is 1. The van der Waals surface area contributed by atoms with E-state index >= 15 is 0 Å². The zero-order valence-electron chi connectivity index (χ0n) is 11.4. The number of nitrogens with one attached hydrogen (secondary N) is 1. The smallest absolute Gasteiger partial charge is 0.317 e. The number of rotatable bonds is 10. The van der Waals surface area contributed by atoms with E-state index in [1.807, 2.05) is 0 Å². The van der Waals surface area contributed by atoms with Gasteiger partial charge in [0.15, 0.2) is 0 Å². The minimum Gasteiger partial charge on any atom is -0.481 e. The standard InChI is InChI=1S/C12H23N3O4/c1-2-15(9-10(13)16)12(19)14-8-6-4-3-5-7-11(17)18/h2-9H2,1H3,(H2,13,16)(H,14,19)(H,17,18). The molecule has 0 saturated heterocycles. The molecular weight excluding hydrogens is 250 g/mol. The molecular formula is C12H23N3O4. The van der Waals surface area contributed by atoms with Crippen LogP contribution in [0.3, 0.4) is 0 Å². The topological polar surface area (TPSA) is 113 Å². The Hall–Kier alpha value is -1.79. The zero-order chi connectivity index (χ0) is 14.7. The number of primary amides is 1. The molecule has 0 rings (SSSR count). The number of nitrogens with two attached hydrogens (primary N) is 1. The summed E-state index contributed by atoms with van der Waals surface area (Å²) in [4.78, 5) is 34.0. The maximum absolute atomic E-state index is 11.6. The zero-order valence-corrected chi connectivity index (χ0v) is 11.4. The lowest BCUT2D eigenvalue weighted by molar-refractivity contribution is -0.137. The summed E-state index contributed by atoms with van der Waals surface area (Å²) in [5.74, 6) is -1.32. The normalized spacial score (nSPS) is 9.95. The van der Waals surface area contributed by atoms with E-state index in [2.05, 4.69) is 5.32 Å². The molecule has 110 valence electrons. The first-order valence-electron chi connectivity index (χ1n) is 6.50. The van der Waals surface area contributed by atoms with Crippen molar-refractivity contribution in [1.29, 1.82) is 0 Å². The van der Waals surface area contributed by atoms with E-state index in [1.54, 1.807) is 6.92 Å². The van der Waals surface area contributed by atoms with Crippen LogP contribution in [0.15, 0.2) is 0 Å². The summed E-state index contributed by atoms with van der Waals surface area (Å²) in [6, 6.07) is -0.299. The van der Waals surface area contributed by atoms with Crippen molar-refractivity contribution in [3.63, 3.8) is 0 Å². The summed E-state index contributed by atoms with van der Waals surface area (Å²) in [6.45, 7) is 2.63. The predicted octanol–water partition coefficient (Wildman–Crippen LogP) is 0.538. The van der Waals surface area contributed by atoms with Gasteiger partial charge in [0.05, 0.1) is 0 Å². The van der Waals surface area contributed by atoms with Gasteiger partial charge in [-0.2, -0.15) is 0 Å². The Morgan fingerprint density at radius 1 is 1.16 bits per heavy atom. The largest absolute Gasteiger partial charge is 0.481 e. The number of carboxylic acids is 1. The molecule has 0 aromatic rings. The highest BCUT2D eigenvalue weighted by Gasteiger charge is 2.12. The first-order chi connectivity index (χ1) is 8.97. The molecule has 0 aliphatic rings. The molecule has 7 nitrogen and oxygen atoms in total. The third-order valence-electron chi connectivity index (χ3n) is 2.61. The van der Waals surface area contributed by atoms with E-state index < -0.39 is 11.9 Å². The Kier molecular flexibility index (Phi) is 9.20. The number of likely N-dealkylation sites (N-methyl/N-ethyl adjacent to an activating group) is 1. The van der Waals surface area contributed by atoms with Gasteiger partial charge in [-0.25, -0.2) is 4.79 Å². The Morgan fingerprint density at radius 2 is 1.79 bits per heavy atom. The van der Waals surface area contributed by atoms with E-state index in [0.29, 0.717) is 19.5 Å². The van der Waals surface area contributed by atoms with Gasteiger partial charge in [-0.05, 0) is 19.8 Å². The van der Waals surface area contributed by atoms with E-state index in [9.17, 15) is 14.4 Å². The number of hydrogen-bond acceptors (Lipinski definition) is 3. The van der Waals surface area contributed by atoms with E-state index in [-0.39, 0.29) is 19.0 Å². The van der Waals surface area contributed by atoms with Gasteiger partial charge >= 0.3 is 12.0 Å². The van der Waals surface area contributed by atoms with Crippen LogP contribution in [0.2, 0.25) is 0 Å². The summed E-state index contributed by atoms with van der Waals surface area (Å²) in [6.07, 6.45) is 3.34. The van der Waals surface area contributed by atoms with Gasteiger partial charge in [0, 0.05) is 19.5 Å². The molecule has 0 fully saturated rings. The van der Waals surface area contributed by atoms with Gasteiger partial charge in [-0.3, -0.25) is 9.59 Å². The van der Waals surface area contributed by atoms with Crippen molar-refractivity contribution in [1.82, 2.24) is 10.2 Å². The minimum absolute atomic E-state index is 0.0824. The molecule has 0 bridgehead atoms. The number of unbranched alkanes of at least 4 members (excludes halogenated alkanes) is 3. The van der Waals surface area contributed by atoms with Crippen molar-refractivity contribution < 1.29 is 19.5 Å². The highest BCUT2D eigenvalue weighted by atomic mass is 16.4. The Balaban J connectivity index is 3.61. The highest BCUT2D eigenvalue weighted by molar-refractivity contribution is 5.82. The average molecular weight is 273 g/mol. The fourth-order valence-corrected chi connectivity index (χ4v) is 1.58. The Labute approximate surface area is 113 Å². The summed E-state index contributed by atoms with van der Waals surface area (Å²) in [7, 11) is 0. The van der Waals surface area contributed by atoms with Crippen LogP contribution >= 0.6 is 0 Å². The number of amides is 3. The van der Waals surface area contributed by atoms with Crippen LogP contribution < -0.4 is 11.1 Å². The number of carbonyl (C=O) groups excluding carboxylic acids is 2. The van der Waals surface area contributed by atoms with Crippen LogP contribution in [0, 0.1) is 0 Å². The second-order valence-corrected chi connectivity index (χ2v) is 4.27. The molecule has 0 aliphatic heterocycles. The number of carbonyl (C=O) groups is 3. The maximum atomic E-state index is 11.6. The van der Waals surface area contributed by atoms with Crippen LogP contribution in [0.1, 0.15) is 39.0 Å². The van der Waals surface area contributed by atoms with Crippen molar-refractivity contribution >= 4 is 17.9 Å². The summed E-state index contributed by atoms with van der Waals surface area (Å²) >= 11 is 0. The van der Waals surface area contributed by atoms with Crippen molar-refractivity contribution in [2.45, 2.75) is 39.0 Å². The van der Waals surface area contributed by atoms with Crippen LogP contribution in [-0.4, -0.2) is 47.5 Å². The minimum atomic E-state index is -0.779. The molecule has 0 aromatic carbocycles. The fraction of sp³-hybridized carbons (Fsp3) is 0.750.